The molecule has 1 aliphatic heterocycles. The van der Waals surface area contributed by atoms with Crippen LogP contribution in [-0.2, 0) is 11.3 Å². The van der Waals surface area contributed by atoms with Gasteiger partial charge in [0.2, 0.25) is 5.91 Å². The molecule has 0 spiro atoms. The summed E-state index contributed by atoms with van der Waals surface area (Å²) in [6.07, 6.45) is -3.69. The van der Waals surface area contributed by atoms with Crippen LogP contribution in [0.2, 0.25) is 0 Å². The average Bonchev–Trinajstić information content (AvgIpc) is 2.94. The molecule has 3 amide bonds. The predicted molar refractivity (Wildman–Crippen MR) is 92.6 cm³/mol. The summed E-state index contributed by atoms with van der Waals surface area (Å²) in [5.41, 5.74) is 1.24. The zero-order chi connectivity index (χ0) is 19.3. The van der Waals surface area contributed by atoms with Gasteiger partial charge in [-0.05, 0) is 17.7 Å². The fourth-order valence-corrected chi connectivity index (χ4v) is 2.38. The molecule has 1 heterocycles. The zero-order valence-electron chi connectivity index (χ0n) is 14.1. The maximum absolute atomic E-state index is 13.0. The molecule has 0 saturated heterocycles. The van der Waals surface area contributed by atoms with E-state index in [1.807, 2.05) is 30.3 Å². The normalized spacial score (nSPS) is 13.7. The van der Waals surface area contributed by atoms with E-state index in [0.717, 1.165) is 5.56 Å². The minimum absolute atomic E-state index is 0.0172. The number of alkyl halides is 2. The van der Waals surface area contributed by atoms with Crippen molar-refractivity contribution in [2.24, 2.45) is 0 Å². The Labute approximate surface area is 153 Å². The lowest BCUT2D eigenvalue weighted by Crippen LogP contribution is -2.36. The molecule has 3 rings (SSSR count). The summed E-state index contributed by atoms with van der Waals surface area (Å²) < 4.78 is 34.5. The summed E-state index contributed by atoms with van der Waals surface area (Å²) in [6.45, 7) is 0.496. The highest BCUT2D eigenvalue weighted by molar-refractivity contribution is 5.91. The molecule has 27 heavy (non-hydrogen) atoms. The molecule has 0 aromatic heterocycles. The number of amides is 3. The second-order valence-electron chi connectivity index (χ2n) is 5.72. The molecule has 0 fully saturated rings. The van der Waals surface area contributed by atoms with E-state index in [1.165, 1.54) is 18.2 Å². The first kappa shape index (κ1) is 18.4. The number of ether oxygens (including phenoxy) is 2. The van der Waals surface area contributed by atoms with Crippen molar-refractivity contribution < 1.29 is 27.8 Å². The second kappa shape index (κ2) is 7.90. The van der Waals surface area contributed by atoms with Crippen molar-refractivity contribution in [3.8, 4) is 11.5 Å². The van der Waals surface area contributed by atoms with Gasteiger partial charge in [0.1, 0.15) is 0 Å². The molecule has 0 atom stereocenters. The highest BCUT2D eigenvalue weighted by atomic mass is 19.3. The van der Waals surface area contributed by atoms with Gasteiger partial charge in [-0.25, -0.2) is 4.79 Å². The lowest BCUT2D eigenvalue weighted by Gasteiger charge is -2.08. The maximum Gasteiger partial charge on any atom is 0.586 e. The van der Waals surface area contributed by atoms with Crippen LogP contribution < -0.4 is 25.4 Å². The molecule has 0 radical (unpaired) electrons. The van der Waals surface area contributed by atoms with E-state index in [-0.39, 0.29) is 36.1 Å². The maximum atomic E-state index is 13.0. The number of carbonyl (C=O) groups excluding carboxylic acids is 2. The van der Waals surface area contributed by atoms with Gasteiger partial charge < -0.3 is 25.4 Å². The molecule has 0 saturated carbocycles. The fraction of sp³-hybridized carbons (Fsp3) is 0.222. The van der Waals surface area contributed by atoms with Crippen molar-refractivity contribution in [1.29, 1.82) is 0 Å². The first-order valence-electron chi connectivity index (χ1n) is 8.17. The van der Waals surface area contributed by atoms with Crippen LogP contribution in [0.1, 0.15) is 12.0 Å². The zero-order valence-corrected chi connectivity index (χ0v) is 14.1. The van der Waals surface area contributed by atoms with E-state index in [0.29, 0.717) is 6.54 Å². The molecule has 2 aromatic carbocycles. The molecule has 142 valence electrons. The van der Waals surface area contributed by atoms with Gasteiger partial charge in [0, 0.05) is 31.3 Å². The summed E-state index contributed by atoms with van der Waals surface area (Å²) in [7, 11) is 0. The Morgan fingerprint density at radius 3 is 2.48 bits per heavy atom. The van der Waals surface area contributed by atoms with Crippen molar-refractivity contribution in [1.82, 2.24) is 10.6 Å². The Balaban J connectivity index is 1.38. The monoisotopic (exact) mass is 377 g/mol. The Bertz CT molecular complexity index is 831. The first-order valence-corrected chi connectivity index (χ1v) is 8.17. The summed E-state index contributed by atoms with van der Waals surface area (Å²) >= 11 is 0. The van der Waals surface area contributed by atoms with Gasteiger partial charge in [-0.15, -0.1) is 8.78 Å². The Morgan fingerprint density at radius 2 is 1.70 bits per heavy atom. The van der Waals surface area contributed by atoms with E-state index >= 15 is 0 Å². The van der Waals surface area contributed by atoms with Gasteiger partial charge in [0.15, 0.2) is 11.5 Å². The fourth-order valence-electron chi connectivity index (χ4n) is 2.38. The highest BCUT2D eigenvalue weighted by Crippen LogP contribution is 2.42. The largest absolute Gasteiger partial charge is 0.586 e. The van der Waals surface area contributed by atoms with Crippen LogP contribution in [0.15, 0.2) is 48.5 Å². The van der Waals surface area contributed by atoms with E-state index in [4.69, 9.17) is 0 Å². The minimum Gasteiger partial charge on any atom is -0.395 e. The second-order valence-corrected chi connectivity index (χ2v) is 5.72. The quantitative estimate of drug-likeness (QED) is 0.722. The number of halogens is 2. The molecule has 7 nitrogen and oxygen atoms in total. The molecular formula is C18H17F2N3O4. The van der Waals surface area contributed by atoms with Crippen LogP contribution in [0, 0.1) is 0 Å². The number of urea groups is 1. The van der Waals surface area contributed by atoms with E-state index in [2.05, 4.69) is 25.4 Å². The van der Waals surface area contributed by atoms with Crippen LogP contribution in [-0.4, -0.2) is 24.8 Å². The summed E-state index contributed by atoms with van der Waals surface area (Å²) in [4.78, 5) is 23.6. The summed E-state index contributed by atoms with van der Waals surface area (Å²) in [5, 5.41) is 7.78. The molecule has 1 aliphatic rings. The van der Waals surface area contributed by atoms with Crippen molar-refractivity contribution in [3.05, 3.63) is 54.1 Å². The van der Waals surface area contributed by atoms with Crippen LogP contribution in [0.3, 0.4) is 0 Å². The summed E-state index contributed by atoms with van der Waals surface area (Å²) in [6, 6.07) is 12.9. The Morgan fingerprint density at radius 1 is 0.963 bits per heavy atom. The number of fused-ring (bicyclic) bond motifs is 1. The number of nitrogens with one attached hydrogen (secondary N) is 3. The smallest absolute Gasteiger partial charge is 0.395 e. The molecule has 2 aromatic rings. The molecule has 0 unspecified atom stereocenters. The van der Waals surface area contributed by atoms with Crippen molar-refractivity contribution in [2.75, 3.05) is 11.9 Å². The Hall–Kier alpha value is -3.36. The molecular weight excluding hydrogens is 360 g/mol. The van der Waals surface area contributed by atoms with Gasteiger partial charge in [-0.1, -0.05) is 30.3 Å². The number of rotatable bonds is 6. The molecule has 9 heteroatoms. The topological polar surface area (TPSA) is 88.7 Å². The van der Waals surface area contributed by atoms with Crippen LogP contribution >= 0.6 is 0 Å². The first-order chi connectivity index (χ1) is 12.9. The molecule has 3 N–H and O–H groups in total. The average molecular weight is 377 g/mol. The lowest BCUT2D eigenvalue weighted by molar-refractivity contribution is -0.286. The van der Waals surface area contributed by atoms with E-state index in [9.17, 15) is 18.4 Å². The van der Waals surface area contributed by atoms with Gasteiger partial charge in [0.25, 0.3) is 0 Å². The van der Waals surface area contributed by atoms with Gasteiger partial charge in [0.05, 0.1) is 0 Å². The lowest BCUT2D eigenvalue weighted by atomic mass is 10.2. The van der Waals surface area contributed by atoms with Crippen LogP contribution in [0.4, 0.5) is 19.3 Å². The number of hydrogen-bond acceptors (Lipinski definition) is 4. The predicted octanol–water partition coefficient (Wildman–Crippen LogP) is 2.84. The Kier molecular flexibility index (Phi) is 5.39. The minimum atomic E-state index is -3.71. The van der Waals surface area contributed by atoms with Crippen molar-refractivity contribution in [2.45, 2.75) is 19.3 Å². The number of benzene rings is 2. The van der Waals surface area contributed by atoms with E-state index < -0.39 is 12.3 Å². The third kappa shape index (κ3) is 5.30. The molecule has 0 aliphatic carbocycles. The third-order valence-electron chi connectivity index (χ3n) is 3.62. The number of carbonyl (C=O) groups is 2. The third-order valence-corrected chi connectivity index (χ3v) is 3.62. The van der Waals surface area contributed by atoms with Gasteiger partial charge in [-0.2, -0.15) is 0 Å². The molecule has 0 bridgehead atoms. The van der Waals surface area contributed by atoms with Gasteiger partial charge in [-0.3, -0.25) is 4.79 Å². The highest BCUT2D eigenvalue weighted by Gasteiger charge is 2.43. The van der Waals surface area contributed by atoms with Crippen LogP contribution in [0.5, 0.6) is 11.5 Å². The van der Waals surface area contributed by atoms with Crippen LogP contribution in [0.25, 0.3) is 0 Å². The standard InChI is InChI=1S/C18H17F2N3O4/c19-18(20)26-14-7-6-13(10-15(14)27-18)23-16(24)8-9-21-17(25)22-11-12-4-2-1-3-5-12/h1-7,10H,8-9,11H2,(H,23,24)(H2,21,22,25). The van der Waals surface area contributed by atoms with Crippen molar-refractivity contribution >= 4 is 17.6 Å². The van der Waals surface area contributed by atoms with E-state index in [1.54, 1.807) is 0 Å². The summed E-state index contributed by atoms with van der Waals surface area (Å²) in [5.74, 6) is -0.644. The SMILES string of the molecule is O=C(CCNC(=O)NCc1ccccc1)Nc1ccc2c(c1)OC(F)(F)O2. The number of hydrogen-bond donors (Lipinski definition) is 3. The van der Waals surface area contributed by atoms with Crippen molar-refractivity contribution in [3.63, 3.8) is 0 Å². The number of anilines is 1. The van der Waals surface area contributed by atoms with Gasteiger partial charge >= 0.3 is 12.3 Å².